The fourth-order valence-corrected chi connectivity index (χ4v) is 3.07. The van der Waals surface area contributed by atoms with Crippen molar-refractivity contribution in [2.45, 2.75) is 25.4 Å². The van der Waals surface area contributed by atoms with E-state index in [1.807, 2.05) is 11.4 Å². The van der Waals surface area contributed by atoms with E-state index < -0.39 is 0 Å². The van der Waals surface area contributed by atoms with Gasteiger partial charge in [0.1, 0.15) is 10.6 Å². The summed E-state index contributed by atoms with van der Waals surface area (Å²) in [6.45, 7) is 3.70. The lowest BCUT2D eigenvalue weighted by atomic mass is 10.0. The molecule has 0 bridgehead atoms. The minimum absolute atomic E-state index is 0.108. The largest absolute Gasteiger partial charge is 0.373 e. The van der Waals surface area contributed by atoms with E-state index in [1.54, 1.807) is 11.3 Å². The molecular weight excluding hydrogens is 262 g/mol. The summed E-state index contributed by atoms with van der Waals surface area (Å²) < 4.78 is 5.77. The standard InChI is InChI=1S/C12H17N5OS/c1-12(4-2-5-18-12)7-14-9-8-3-6-19-10(8)16-11(15-9)17-13/h3,6H,2,4-5,7,13H2,1H3,(H2,14,15,16,17). The van der Waals surface area contributed by atoms with Crippen LogP contribution in [0.4, 0.5) is 11.8 Å². The number of hydrogen-bond donors (Lipinski definition) is 3. The first-order valence-corrected chi connectivity index (χ1v) is 7.18. The van der Waals surface area contributed by atoms with E-state index in [4.69, 9.17) is 10.6 Å². The van der Waals surface area contributed by atoms with Gasteiger partial charge in [0.05, 0.1) is 11.0 Å². The summed E-state index contributed by atoms with van der Waals surface area (Å²) in [6.07, 6.45) is 2.19. The van der Waals surface area contributed by atoms with Gasteiger partial charge in [0.15, 0.2) is 0 Å². The fraction of sp³-hybridized carbons (Fsp3) is 0.500. The number of aromatic nitrogens is 2. The molecule has 0 aliphatic carbocycles. The molecule has 1 aliphatic rings. The third-order valence-electron chi connectivity index (χ3n) is 3.38. The Labute approximate surface area is 115 Å². The smallest absolute Gasteiger partial charge is 0.240 e. The Balaban J connectivity index is 1.85. The van der Waals surface area contributed by atoms with Gasteiger partial charge in [-0.05, 0) is 31.2 Å². The summed E-state index contributed by atoms with van der Waals surface area (Å²) in [4.78, 5) is 9.61. The first-order valence-electron chi connectivity index (χ1n) is 6.30. The number of hydrogen-bond acceptors (Lipinski definition) is 7. The van der Waals surface area contributed by atoms with Crippen LogP contribution in [-0.4, -0.2) is 28.7 Å². The molecule has 1 unspecified atom stereocenters. The highest BCUT2D eigenvalue weighted by Crippen LogP contribution is 2.29. The molecule has 4 N–H and O–H groups in total. The molecule has 3 rings (SSSR count). The number of fused-ring (bicyclic) bond motifs is 1. The summed E-state index contributed by atoms with van der Waals surface area (Å²) >= 11 is 1.57. The van der Waals surface area contributed by atoms with Gasteiger partial charge in [-0.1, -0.05) is 0 Å². The molecule has 2 aromatic rings. The maximum absolute atomic E-state index is 5.77. The van der Waals surface area contributed by atoms with E-state index in [-0.39, 0.29) is 5.60 Å². The number of nitrogens with one attached hydrogen (secondary N) is 2. The lowest BCUT2D eigenvalue weighted by molar-refractivity contribution is 0.0315. The van der Waals surface area contributed by atoms with Gasteiger partial charge in [0, 0.05) is 13.2 Å². The van der Waals surface area contributed by atoms with Crippen molar-refractivity contribution in [1.29, 1.82) is 0 Å². The highest BCUT2D eigenvalue weighted by atomic mass is 32.1. The maximum Gasteiger partial charge on any atom is 0.240 e. The van der Waals surface area contributed by atoms with E-state index in [1.165, 1.54) is 0 Å². The van der Waals surface area contributed by atoms with Crippen LogP contribution in [0.5, 0.6) is 0 Å². The zero-order valence-corrected chi connectivity index (χ0v) is 11.6. The van der Waals surface area contributed by atoms with Crippen molar-refractivity contribution in [3.05, 3.63) is 11.4 Å². The first-order chi connectivity index (χ1) is 9.20. The minimum atomic E-state index is -0.108. The molecule has 0 spiro atoms. The normalized spacial score (nSPS) is 22.8. The second kappa shape index (κ2) is 4.92. The van der Waals surface area contributed by atoms with Gasteiger partial charge in [0.25, 0.3) is 0 Å². The number of thiophene rings is 1. The third kappa shape index (κ3) is 2.49. The molecule has 0 radical (unpaired) electrons. The quantitative estimate of drug-likeness (QED) is 0.586. The van der Waals surface area contributed by atoms with Crippen molar-refractivity contribution < 1.29 is 4.74 Å². The number of anilines is 2. The molecule has 1 saturated heterocycles. The van der Waals surface area contributed by atoms with Crippen LogP contribution in [-0.2, 0) is 4.74 Å². The zero-order chi connectivity index (χ0) is 13.3. The van der Waals surface area contributed by atoms with Crippen molar-refractivity contribution in [3.63, 3.8) is 0 Å². The van der Waals surface area contributed by atoms with Crippen molar-refractivity contribution in [3.8, 4) is 0 Å². The number of hydrazine groups is 1. The molecule has 2 aromatic heterocycles. The van der Waals surface area contributed by atoms with Gasteiger partial charge >= 0.3 is 0 Å². The molecule has 1 atom stereocenters. The fourth-order valence-electron chi connectivity index (χ4n) is 2.30. The molecular formula is C12H17N5OS. The predicted molar refractivity (Wildman–Crippen MR) is 77.3 cm³/mol. The van der Waals surface area contributed by atoms with Crippen LogP contribution in [0.25, 0.3) is 10.2 Å². The van der Waals surface area contributed by atoms with E-state index in [0.717, 1.165) is 42.0 Å². The van der Waals surface area contributed by atoms with Crippen LogP contribution >= 0.6 is 11.3 Å². The van der Waals surface area contributed by atoms with Crippen molar-refractivity contribution >= 4 is 33.3 Å². The molecule has 0 aromatic carbocycles. The van der Waals surface area contributed by atoms with Crippen LogP contribution < -0.4 is 16.6 Å². The molecule has 19 heavy (non-hydrogen) atoms. The zero-order valence-electron chi connectivity index (χ0n) is 10.8. The SMILES string of the molecule is CC1(CNc2nc(NN)nc3sccc23)CCCO1. The van der Waals surface area contributed by atoms with Crippen LogP contribution in [0.15, 0.2) is 11.4 Å². The summed E-state index contributed by atoms with van der Waals surface area (Å²) in [6, 6.07) is 2.01. The van der Waals surface area contributed by atoms with Crippen LogP contribution in [0.3, 0.4) is 0 Å². The Morgan fingerprint density at radius 3 is 3.16 bits per heavy atom. The molecule has 102 valence electrons. The molecule has 1 fully saturated rings. The van der Waals surface area contributed by atoms with Gasteiger partial charge in [-0.15, -0.1) is 11.3 Å². The summed E-state index contributed by atoms with van der Waals surface area (Å²) in [5.74, 6) is 6.63. The molecule has 0 saturated carbocycles. The van der Waals surface area contributed by atoms with Crippen LogP contribution in [0.1, 0.15) is 19.8 Å². The Hall–Kier alpha value is -1.44. The Morgan fingerprint density at radius 2 is 2.42 bits per heavy atom. The average Bonchev–Trinajstić information content (AvgIpc) is 3.04. The summed E-state index contributed by atoms with van der Waals surface area (Å²) in [7, 11) is 0. The summed E-state index contributed by atoms with van der Waals surface area (Å²) in [5, 5.41) is 6.38. The highest BCUT2D eigenvalue weighted by Gasteiger charge is 2.29. The topological polar surface area (TPSA) is 85.1 Å². The van der Waals surface area contributed by atoms with Crippen LogP contribution in [0.2, 0.25) is 0 Å². The third-order valence-corrected chi connectivity index (χ3v) is 4.19. The molecule has 3 heterocycles. The molecule has 7 heteroatoms. The van der Waals surface area contributed by atoms with Gasteiger partial charge in [0.2, 0.25) is 5.95 Å². The second-order valence-corrected chi connectivity index (χ2v) is 5.83. The number of nitrogen functional groups attached to an aromatic ring is 1. The summed E-state index contributed by atoms with van der Waals surface area (Å²) in [5.41, 5.74) is 2.39. The monoisotopic (exact) mass is 279 g/mol. The van der Waals surface area contributed by atoms with Crippen molar-refractivity contribution in [1.82, 2.24) is 9.97 Å². The lowest BCUT2D eigenvalue weighted by Gasteiger charge is -2.23. The Morgan fingerprint density at radius 1 is 1.53 bits per heavy atom. The number of rotatable bonds is 4. The number of nitrogens with zero attached hydrogens (tertiary/aromatic N) is 2. The minimum Gasteiger partial charge on any atom is -0.373 e. The van der Waals surface area contributed by atoms with Crippen molar-refractivity contribution in [2.75, 3.05) is 23.9 Å². The second-order valence-electron chi connectivity index (χ2n) is 4.94. The van der Waals surface area contributed by atoms with Gasteiger partial charge in [-0.2, -0.15) is 4.98 Å². The van der Waals surface area contributed by atoms with E-state index in [2.05, 4.69) is 27.6 Å². The molecule has 6 nitrogen and oxygen atoms in total. The van der Waals surface area contributed by atoms with E-state index in [0.29, 0.717) is 5.95 Å². The maximum atomic E-state index is 5.77. The van der Waals surface area contributed by atoms with E-state index in [9.17, 15) is 0 Å². The average molecular weight is 279 g/mol. The highest BCUT2D eigenvalue weighted by molar-refractivity contribution is 7.16. The van der Waals surface area contributed by atoms with Gasteiger partial charge < -0.3 is 10.1 Å². The Kier molecular flexibility index (Phi) is 3.26. The molecule has 0 amide bonds. The van der Waals surface area contributed by atoms with Gasteiger partial charge in [-0.3, -0.25) is 5.43 Å². The number of nitrogens with two attached hydrogens (primary N) is 1. The Bertz CT molecular complexity index is 579. The van der Waals surface area contributed by atoms with Gasteiger partial charge in [-0.25, -0.2) is 10.8 Å². The van der Waals surface area contributed by atoms with E-state index >= 15 is 0 Å². The van der Waals surface area contributed by atoms with Crippen LogP contribution in [0, 0.1) is 0 Å². The van der Waals surface area contributed by atoms with Crippen molar-refractivity contribution in [2.24, 2.45) is 5.84 Å². The number of ether oxygens (including phenoxy) is 1. The predicted octanol–water partition coefficient (Wildman–Crippen LogP) is 1.96. The lowest BCUT2D eigenvalue weighted by Crippen LogP contribution is -2.32. The molecule has 1 aliphatic heterocycles. The first kappa shape index (κ1) is 12.6.